The second kappa shape index (κ2) is 13.2. The maximum atomic E-state index is 13.2. The summed E-state index contributed by atoms with van der Waals surface area (Å²) in [4.78, 5) is 48.8. The number of morpholine rings is 1. The van der Waals surface area contributed by atoms with Crippen molar-refractivity contribution in [1.29, 1.82) is 0 Å². The van der Waals surface area contributed by atoms with Gasteiger partial charge >= 0.3 is 0 Å². The van der Waals surface area contributed by atoms with Gasteiger partial charge < -0.3 is 25.3 Å². The fourth-order valence-electron chi connectivity index (χ4n) is 6.60. The Morgan fingerprint density at radius 1 is 1.07 bits per heavy atom. The van der Waals surface area contributed by atoms with Crippen LogP contribution in [0.4, 0.5) is 5.82 Å². The molecule has 3 aromatic heterocycles. The molecule has 3 aliphatic heterocycles. The van der Waals surface area contributed by atoms with Crippen molar-refractivity contribution in [3.05, 3.63) is 60.3 Å². The number of piperidine rings is 2. The van der Waals surface area contributed by atoms with Crippen LogP contribution in [0.3, 0.4) is 0 Å². The summed E-state index contributed by atoms with van der Waals surface area (Å²) in [5.41, 5.74) is 3.44. The number of likely N-dealkylation sites (N-methyl/N-ethyl adjacent to an activating group) is 1. The van der Waals surface area contributed by atoms with Gasteiger partial charge in [-0.15, -0.1) is 0 Å². The van der Waals surface area contributed by atoms with Gasteiger partial charge in [0.05, 0.1) is 18.6 Å². The molecule has 6 heterocycles. The smallest absolute Gasteiger partial charge is 0.270 e. The van der Waals surface area contributed by atoms with Crippen molar-refractivity contribution in [1.82, 2.24) is 40.4 Å². The van der Waals surface area contributed by atoms with Crippen LogP contribution in [0, 0.1) is 0 Å². The number of fused-ring (bicyclic) bond motifs is 1. The summed E-state index contributed by atoms with van der Waals surface area (Å²) in [5.74, 6) is 0.668. The number of aromatic amines is 1. The third-order valence-corrected chi connectivity index (χ3v) is 8.76. The number of nitrogens with zero attached hydrogens (tertiary/aromatic N) is 6. The number of amides is 2. The van der Waals surface area contributed by atoms with Crippen LogP contribution in [-0.4, -0.2) is 107 Å². The van der Waals surface area contributed by atoms with Crippen LogP contribution in [-0.2, 0) is 16.1 Å². The van der Waals surface area contributed by atoms with Crippen LogP contribution >= 0.6 is 0 Å². The first kappa shape index (κ1) is 29.2. The Hall–Kier alpha value is -3.87. The van der Waals surface area contributed by atoms with Crippen molar-refractivity contribution in [2.45, 2.75) is 50.4 Å². The average Bonchev–Trinajstić information content (AvgIpc) is 3.46. The molecule has 0 aliphatic carbocycles. The van der Waals surface area contributed by atoms with Gasteiger partial charge in [0.1, 0.15) is 23.5 Å². The molecule has 3 aromatic rings. The highest BCUT2D eigenvalue weighted by Crippen LogP contribution is 2.33. The minimum Gasteiger partial charge on any atom is -0.378 e. The Kier molecular flexibility index (Phi) is 8.96. The Bertz CT molecular complexity index is 1450. The lowest BCUT2D eigenvalue weighted by Crippen LogP contribution is -2.47. The minimum absolute atomic E-state index is 0.0311. The van der Waals surface area contributed by atoms with Gasteiger partial charge in [-0.3, -0.25) is 24.4 Å². The second-order valence-corrected chi connectivity index (χ2v) is 11.8. The molecule has 0 spiro atoms. The number of carbonyl (C=O) groups excluding carboxylic acids is 2. The number of rotatable bonds is 8. The first-order chi connectivity index (χ1) is 21.0. The summed E-state index contributed by atoms with van der Waals surface area (Å²) in [6.07, 6.45) is 8.39. The van der Waals surface area contributed by atoms with Gasteiger partial charge in [0.2, 0.25) is 5.91 Å². The van der Waals surface area contributed by atoms with E-state index < -0.39 is 0 Å². The van der Waals surface area contributed by atoms with Gasteiger partial charge in [-0.05, 0) is 69.1 Å². The second-order valence-electron chi connectivity index (χ2n) is 11.8. The molecule has 0 saturated carbocycles. The molecule has 0 radical (unpaired) electrons. The Morgan fingerprint density at radius 3 is 2.72 bits per heavy atom. The van der Waals surface area contributed by atoms with Gasteiger partial charge in [-0.1, -0.05) is 6.58 Å². The molecule has 43 heavy (non-hydrogen) atoms. The molecule has 12 heteroatoms. The molecule has 1 unspecified atom stereocenters. The highest BCUT2D eigenvalue weighted by molar-refractivity contribution is 5.92. The van der Waals surface area contributed by atoms with Crippen molar-refractivity contribution < 1.29 is 14.3 Å². The van der Waals surface area contributed by atoms with Crippen LogP contribution in [0.5, 0.6) is 0 Å². The number of H-pyrrole nitrogens is 1. The molecule has 3 saturated heterocycles. The fourth-order valence-corrected chi connectivity index (χ4v) is 6.60. The first-order valence-corrected chi connectivity index (χ1v) is 15.2. The highest BCUT2D eigenvalue weighted by Gasteiger charge is 2.30. The van der Waals surface area contributed by atoms with Crippen molar-refractivity contribution >= 4 is 28.7 Å². The summed E-state index contributed by atoms with van der Waals surface area (Å²) in [6.45, 7) is 9.77. The molecule has 3 fully saturated rings. The molecule has 3 aliphatic rings. The molecule has 0 bridgehead atoms. The zero-order valence-corrected chi connectivity index (χ0v) is 24.8. The average molecular weight is 588 g/mol. The van der Waals surface area contributed by atoms with Crippen molar-refractivity contribution in [2.75, 3.05) is 57.9 Å². The lowest BCUT2D eigenvalue weighted by molar-refractivity contribution is -0.117. The molecule has 6 rings (SSSR count). The molecule has 12 nitrogen and oxygen atoms in total. The van der Waals surface area contributed by atoms with Gasteiger partial charge in [-0.2, -0.15) is 0 Å². The number of anilines is 1. The van der Waals surface area contributed by atoms with Gasteiger partial charge in [0.25, 0.3) is 5.91 Å². The van der Waals surface area contributed by atoms with E-state index >= 15 is 0 Å². The van der Waals surface area contributed by atoms with E-state index in [-0.39, 0.29) is 29.9 Å². The number of nitrogens with one attached hydrogen (secondary N) is 3. The molecule has 3 N–H and O–H groups in total. The lowest BCUT2D eigenvalue weighted by atomic mass is 9.96. The molecule has 2 amide bonds. The van der Waals surface area contributed by atoms with Gasteiger partial charge in [-0.25, -0.2) is 9.97 Å². The van der Waals surface area contributed by atoms with Gasteiger partial charge in [0.15, 0.2) is 0 Å². The van der Waals surface area contributed by atoms with E-state index in [4.69, 9.17) is 4.74 Å². The van der Waals surface area contributed by atoms with Gasteiger partial charge in [0, 0.05) is 62.7 Å². The summed E-state index contributed by atoms with van der Waals surface area (Å²) in [6, 6.07) is 6.37. The maximum Gasteiger partial charge on any atom is 0.270 e. The quantitative estimate of drug-likeness (QED) is 0.339. The summed E-state index contributed by atoms with van der Waals surface area (Å²) >= 11 is 0. The van der Waals surface area contributed by atoms with Crippen molar-refractivity contribution in [3.63, 3.8) is 0 Å². The van der Waals surface area contributed by atoms with Crippen LogP contribution in [0.1, 0.15) is 53.5 Å². The predicted octanol–water partition coefficient (Wildman–Crippen LogP) is 2.02. The monoisotopic (exact) mass is 587 g/mol. The fraction of sp³-hybridized carbons (Fsp3) is 0.516. The van der Waals surface area contributed by atoms with Crippen LogP contribution in [0.2, 0.25) is 0 Å². The third kappa shape index (κ3) is 6.87. The largest absolute Gasteiger partial charge is 0.378 e. The number of hydrogen-bond acceptors (Lipinski definition) is 9. The molecular weight excluding hydrogens is 546 g/mol. The first-order valence-electron chi connectivity index (χ1n) is 15.2. The Morgan fingerprint density at radius 2 is 1.91 bits per heavy atom. The topological polar surface area (TPSA) is 132 Å². The predicted molar refractivity (Wildman–Crippen MR) is 164 cm³/mol. The Labute approximate surface area is 251 Å². The zero-order valence-electron chi connectivity index (χ0n) is 24.8. The van der Waals surface area contributed by atoms with E-state index in [0.29, 0.717) is 25.5 Å². The summed E-state index contributed by atoms with van der Waals surface area (Å²) < 4.78 is 5.52. The van der Waals surface area contributed by atoms with E-state index in [1.165, 1.54) is 6.08 Å². The van der Waals surface area contributed by atoms with Crippen molar-refractivity contribution in [2.24, 2.45) is 0 Å². The number of aromatic nitrogens is 4. The lowest BCUT2D eigenvalue weighted by Gasteiger charge is -2.37. The van der Waals surface area contributed by atoms with Crippen LogP contribution in [0.15, 0.2) is 43.4 Å². The molecule has 228 valence electrons. The Balaban J connectivity index is 1.05. The van der Waals surface area contributed by atoms with E-state index in [0.717, 1.165) is 86.5 Å². The number of likely N-dealkylation sites (tertiary alicyclic amines) is 2. The number of hydrogen-bond donors (Lipinski definition) is 3. The standard InChI is InChI=1S/C31H41N9O3/c1-3-28(41)35-22-5-4-10-39(19-22)17-21-8-9-32-26(15-21)31(42)36-23-6-7-27(38(2)18-23)25-16-24-29(37-25)33-20-34-30(24)40-11-13-43-14-12-40/h3,8-9,15-16,20,22-23,27H,1,4-7,10-14,17-19H2,2H3,(H,35,41)(H,36,42)(H,33,34,37)/t22-,23+,27?/m0/s1. The number of carbonyl (C=O) groups is 2. The van der Waals surface area contributed by atoms with Crippen LogP contribution in [0.25, 0.3) is 11.0 Å². The minimum atomic E-state index is -0.149. The van der Waals surface area contributed by atoms with E-state index in [1.807, 2.05) is 12.1 Å². The van der Waals surface area contributed by atoms with Crippen LogP contribution < -0.4 is 15.5 Å². The molecular formula is C31H41N9O3. The third-order valence-electron chi connectivity index (χ3n) is 8.76. The highest BCUT2D eigenvalue weighted by atomic mass is 16.5. The summed E-state index contributed by atoms with van der Waals surface area (Å²) in [7, 11) is 2.10. The molecule has 3 atom stereocenters. The van der Waals surface area contributed by atoms with E-state index in [1.54, 1.807) is 12.5 Å². The number of pyridine rings is 1. The van der Waals surface area contributed by atoms with E-state index in [9.17, 15) is 9.59 Å². The molecule has 0 aromatic carbocycles. The number of ether oxygens (including phenoxy) is 1. The zero-order chi connectivity index (χ0) is 29.8. The van der Waals surface area contributed by atoms with Crippen molar-refractivity contribution in [3.8, 4) is 0 Å². The SMILES string of the molecule is C=CC(=O)N[C@H]1CCCN(Cc2ccnc(C(=O)N[C@@H]3CCC(c4cc5c(N6CCOCC6)ncnc5[nH]4)N(C)C3)c2)C1. The normalized spacial score (nSPS) is 23.7. The summed E-state index contributed by atoms with van der Waals surface area (Å²) in [5, 5.41) is 7.26. The van der Waals surface area contributed by atoms with E-state index in [2.05, 4.69) is 65.0 Å². The maximum absolute atomic E-state index is 13.2.